The predicted molar refractivity (Wildman–Crippen MR) is 267 cm³/mol. The number of ether oxygens (including phenoxy) is 1. The fourth-order valence-electron chi connectivity index (χ4n) is 9.98. The van der Waals surface area contributed by atoms with E-state index in [-0.39, 0.29) is 47.5 Å². The summed E-state index contributed by atoms with van der Waals surface area (Å²) in [5, 5.41) is 32.6. The number of aryl methyl sites for hydroxylation is 1. The van der Waals surface area contributed by atoms with E-state index in [1.807, 2.05) is 21.8 Å². The number of anilines is 4. The number of para-hydroxylation sites is 1. The Morgan fingerprint density at radius 3 is 2.25 bits per heavy atom. The lowest BCUT2D eigenvalue weighted by atomic mass is 10.0. The normalized spacial score (nSPS) is 18.2. The summed E-state index contributed by atoms with van der Waals surface area (Å²) in [5.41, 5.74) is 11.1. The minimum absolute atomic E-state index is 0.0632. The topological polar surface area (TPSA) is 234 Å². The van der Waals surface area contributed by atoms with Crippen LogP contribution in [-0.4, -0.2) is 121 Å². The highest BCUT2D eigenvalue weighted by molar-refractivity contribution is 6.25. The highest BCUT2D eigenvalue weighted by Crippen LogP contribution is 2.34. The number of nitrogens with zero attached hydrogens (tertiary/aromatic N) is 9. The number of piperazine rings is 1. The third kappa shape index (κ3) is 11.6. The Hall–Kier alpha value is -7.57. The molecule has 2 aromatic heterocycles. The summed E-state index contributed by atoms with van der Waals surface area (Å²) in [4.78, 5) is 71.4. The van der Waals surface area contributed by atoms with Crippen molar-refractivity contribution in [2.24, 2.45) is 0 Å². The van der Waals surface area contributed by atoms with E-state index in [0.29, 0.717) is 47.9 Å². The number of nitrogens with two attached hydrogens (primary N) is 1. The molecule has 71 heavy (non-hydrogen) atoms. The van der Waals surface area contributed by atoms with Gasteiger partial charge in [-0.3, -0.25) is 38.9 Å². The Bertz CT molecular complexity index is 2720. The van der Waals surface area contributed by atoms with Crippen LogP contribution in [0.15, 0.2) is 79.0 Å². The molecule has 0 bridgehead atoms. The van der Waals surface area contributed by atoms with Gasteiger partial charge in [-0.1, -0.05) is 61.9 Å². The number of imide groups is 2. The highest BCUT2D eigenvalue weighted by atomic mass is 16.5. The molecule has 19 nitrogen and oxygen atoms in total. The lowest BCUT2D eigenvalue weighted by Crippen LogP contribution is -2.54. The van der Waals surface area contributed by atoms with Crippen LogP contribution >= 0.6 is 0 Å². The fourth-order valence-corrected chi connectivity index (χ4v) is 9.98. The van der Waals surface area contributed by atoms with E-state index in [1.54, 1.807) is 42.5 Å². The molecule has 372 valence electrons. The van der Waals surface area contributed by atoms with Gasteiger partial charge in [0.2, 0.25) is 17.7 Å². The number of aromatic hydroxyl groups is 1. The predicted octanol–water partition coefficient (Wildman–Crippen LogP) is 5.94. The minimum Gasteiger partial charge on any atom is -0.507 e. The third-order valence-electron chi connectivity index (χ3n) is 13.9. The van der Waals surface area contributed by atoms with Crippen molar-refractivity contribution in [3.63, 3.8) is 0 Å². The zero-order valence-electron chi connectivity index (χ0n) is 40.0. The molecule has 2 atom stereocenters. The van der Waals surface area contributed by atoms with Gasteiger partial charge in [0, 0.05) is 80.8 Å². The van der Waals surface area contributed by atoms with E-state index in [1.165, 1.54) is 0 Å². The van der Waals surface area contributed by atoms with Gasteiger partial charge >= 0.3 is 0 Å². The molecule has 0 saturated carbocycles. The molecule has 3 fully saturated rings. The van der Waals surface area contributed by atoms with Crippen LogP contribution in [0.5, 0.6) is 11.5 Å². The van der Waals surface area contributed by atoms with Crippen LogP contribution in [0.3, 0.4) is 0 Å². The molecule has 6 heterocycles. The van der Waals surface area contributed by atoms with Crippen molar-refractivity contribution >= 4 is 52.4 Å². The Balaban J connectivity index is 0.616. The summed E-state index contributed by atoms with van der Waals surface area (Å²) in [6.07, 6.45) is 13.0. The van der Waals surface area contributed by atoms with Crippen LogP contribution in [0.25, 0.3) is 11.3 Å². The number of amides is 5. The maximum absolute atomic E-state index is 13.4. The third-order valence-corrected chi connectivity index (χ3v) is 13.9. The molecule has 0 radical (unpaired) electrons. The second-order valence-electron chi connectivity index (χ2n) is 18.8. The Labute approximate surface area is 412 Å². The summed E-state index contributed by atoms with van der Waals surface area (Å²) >= 11 is 0. The molecule has 5 aromatic rings. The molecular formula is C52H62N12O7. The first-order valence-corrected chi connectivity index (χ1v) is 25.0. The second kappa shape index (κ2) is 22.5. The maximum Gasteiger partial charge on any atom is 0.264 e. The quantitative estimate of drug-likeness (QED) is 0.0522. The number of piperidine rings is 2. The molecule has 4 aliphatic rings. The molecule has 5 N–H and O–H groups in total. The number of hydrogen-bond donors (Lipinski definition) is 4. The van der Waals surface area contributed by atoms with Gasteiger partial charge in [-0.15, -0.1) is 15.3 Å². The minimum atomic E-state index is -1.02. The molecule has 0 spiro atoms. The number of phenolic OH excluding ortho intramolecular Hbond substituents is 1. The number of hydrogen-bond acceptors (Lipinski definition) is 15. The molecule has 9 rings (SSSR count). The lowest BCUT2D eigenvalue weighted by molar-refractivity contribution is -0.136. The second-order valence-corrected chi connectivity index (χ2v) is 18.8. The molecule has 0 aliphatic carbocycles. The van der Waals surface area contributed by atoms with Crippen LogP contribution < -0.4 is 30.9 Å². The zero-order valence-corrected chi connectivity index (χ0v) is 40.0. The molecular weight excluding hydrogens is 905 g/mol. The molecule has 4 aliphatic heterocycles. The maximum atomic E-state index is 13.4. The van der Waals surface area contributed by atoms with E-state index < -0.39 is 29.7 Å². The van der Waals surface area contributed by atoms with Crippen molar-refractivity contribution < 1.29 is 33.8 Å². The Morgan fingerprint density at radius 1 is 0.775 bits per heavy atom. The van der Waals surface area contributed by atoms with Crippen LogP contribution in [0.4, 0.5) is 22.9 Å². The van der Waals surface area contributed by atoms with Crippen molar-refractivity contribution in [3.05, 3.63) is 95.8 Å². The van der Waals surface area contributed by atoms with Crippen LogP contribution in [0.1, 0.15) is 110 Å². The van der Waals surface area contributed by atoms with Crippen molar-refractivity contribution in [3.8, 4) is 22.8 Å². The summed E-state index contributed by atoms with van der Waals surface area (Å²) in [6.45, 7) is 5.76. The first-order valence-electron chi connectivity index (χ1n) is 25.0. The standard InChI is InChI=1S/C52H62N12O7/c53-49-45(31-42(57-58-49)39-14-8-9-17-44(39)65)71-38-13-12-25-62(34-38)37-21-19-36(20-22-37)60-27-29-61(30-28-60)47(67)18-7-5-3-1-2-4-6-10-26-63-33-35(56-59-63)32-54-41-16-11-15-40-48(41)52(70)64(51(40)69)43-23-24-46(66)55-50(43)68/h8-9,11,14-17,19-22,31,33,38,43,54,65H,1-7,10,12-13,18,23-30,32,34H2,(H2,53,58)(H,55,66,68). The van der Waals surface area contributed by atoms with Gasteiger partial charge in [0.15, 0.2) is 11.6 Å². The lowest BCUT2D eigenvalue weighted by Gasteiger charge is -2.37. The first-order chi connectivity index (χ1) is 34.6. The van der Waals surface area contributed by atoms with Crippen molar-refractivity contribution in [2.75, 3.05) is 60.1 Å². The number of aromatic nitrogens is 5. The number of unbranched alkanes of at least 4 members (excludes halogenated alkanes) is 7. The van der Waals surface area contributed by atoms with Gasteiger partial charge in [-0.05, 0) is 80.6 Å². The van der Waals surface area contributed by atoms with E-state index in [2.05, 4.69) is 65.2 Å². The van der Waals surface area contributed by atoms with Gasteiger partial charge in [-0.2, -0.15) is 0 Å². The summed E-state index contributed by atoms with van der Waals surface area (Å²) in [7, 11) is 0. The summed E-state index contributed by atoms with van der Waals surface area (Å²) in [6, 6.07) is 21.4. The number of nitrogen functional groups attached to an aromatic ring is 1. The number of benzene rings is 3. The largest absolute Gasteiger partial charge is 0.507 e. The molecule has 2 unspecified atom stereocenters. The number of nitrogens with one attached hydrogen (secondary N) is 2. The number of carbonyl (C=O) groups is 5. The average molecular weight is 967 g/mol. The molecule has 3 aromatic carbocycles. The van der Waals surface area contributed by atoms with Gasteiger partial charge in [-0.25, -0.2) is 0 Å². The van der Waals surface area contributed by atoms with E-state index in [9.17, 15) is 29.1 Å². The smallest absolute Gasteiger partial charge is 0.264 e. The molecule has 5 amide bonds. The number of fused-ring (bicyclic) bond motifs is 1. The van der Waals surface area contributed by atoms with Crippen LogP contribution in [0.2, 0.25) is 0 Å². The highest BCUT2D eigenvalue weighted by Gasteiger charge is 2.45. The van der Waals surface area contributed by atoms with Gasteiger partial charge in [0.05, 0.1) is 30.4 Å². The first kappa shape index (κ1) is 48.5. The van der Waals surface area contributed by atoms with Gasteiger partial charge in [0.25, 0.3) is 11.8 Å². The van der Waals surface area contributed by atoms with Crippen molar-refractivity contribution in [1.82, 2.24) is 40.3 Å². The van der Waals surface area contributed by atoms with E-state index in [4.69, 9.17) is 10.5 Å². The van der Waals surface area contributed by atoms with Crippen molar-refractivity contribution in [2.45, 2.75) is 109 Å². The summed E-state index contributed by atoms with van der Waals surface area (Å²) in [5.74, 6) is -1.11. The zero-order chi connectivity index (χ0) is 49.3. The fraction of sp³-hybridized carbons (Fsp3) is 0.442. The number of carbonyl (C=O) groups excluding carboxylic acids is 5. The summed E-state index contributed by atoms with van der Waals surface area (Å²) < 4.78 is 8.20. The van der Waals surface area contributed by atoms with E-state index >= 15 is 0 Å². The molecule has 19 heteroatoms. The Kier molecular flexibility index (Phi) is 15.3. The number of rotatable bonds is 20. The number of phenols is 1. The van der Waals surface area contributed by atoms with Gasteiger partial charge < -0.3 is 35.6 Å². The SMILES string of the molecule is Nc1nnc(-c2ccccc2O)cc1OC1CCCN(c2ccc(N3CCN(C(=O)CCCCCCCCCCn4cc(CNc5cccc6c5C(=O)N(C5CCC(=O)NC5=O)C6=O)nn4)CC3)cc2)C1. The molecule has 3 saturated heterocycles. The van der Waals surface area contributed by atoms with Crippen LogP contribution in [0, 0.1) is 0 Å². The van der Waals surface area contributed by atoms with Crippen LogP contribution in [-0.2, 0) is 27.5 Å². The van der Waals surface area contributed by atoms with Gasteiger partial charge in [0.1, 0.15) is 29.3 Å². The monoisotopic (exact) mass is 966 g/mol. The Morgan fingerprint density at radius 2 is 1.49 bits per heavy atom. The van der Waals surface area contributed by atoms with E-state index in [0.717, 1.165) is 120 Å². The average Bonchev–Trinajstić information content (AvgIpc) is 3.95. The van der Waals surface area contributed by atoms with Crippen molar-refractivity contribution in [1.29, 1.82) is 0 Å².